The molecule has 0 radical (unpaired) electrons. The number of hydrogen-bond acceptors (Lipinski definition) is 5. The van der Waals surface area contributed by atoms with Crippen molar-refractivity contribution in [3.63, 3.8) is 0 Å². The normalized spacial score (nSPS) is 30.2. The van der Waals surface area contributed by atoms with Crippen LogP contribution in [0.25, 0.3) is 0 Å². The molecule has 3 fully saturated rings. The summed E-state index contributed by atoms with van der Waals surface area (Å²) in [6, 6.07) is 4.12. The lowest BCUT2D eigenvalue weighted by atomic mass is 9.88. The molecule has 0 spiro atoms. The summed E-state index contributed by atoms with van der Waals surface area (Å²) in [5.74, 6) is -0.718. The van der Waals surface area contributed by atoms with E-state index in [4.69, 9.17) is 0 Å². The van der Waals surface area contributed by atoms with Crippen molar-refractivity contribution in [2.24, 2.45) is 17.8 Å². The highest BCUT2D eigenvalue weighted by atomic mass is 16.3. The Morgan fingerprint density at radius 1 is 1.13 bits per heavy atom. The largest absolute Gasteiger partial charge is 0.396 e. The Morgan fingerprint density at radius 2 is 1.90 bits per heavy atom. The molecule has 4 heterocycles. The van der Waals surface area contributed by atoms with E-state index in [0.29, 0.717) is 13.1 Å². The summed E-state index contributed by atoms with van der Waals surface area (Å²) in [7, 11) is 0. The third kappa shape index (κ3) is 3.69. The summed E-state index contributed by atoms with van der Waals surface area (Å²) in [4.78, 5) is 43.1. The zero-order valence-electron chi connectivity index (χ0n) is 17.9. The smallest absolute Gasteiger partial charge is 0.250 e. The number of piperidine rings is 1. The average Bonchev–Trinajstić information content (AvgIpc) is 3.48. The molecule has 0 aromatic carbocycles. The van der Waals surface area contributed by atoms with Crippen molar-refractivity contribution in [1.82, 2.24) is 19.7 Å². The molecule has 1 aliphatic carbocycles. The van der Waals surface area contributed by atoms with Crippen LogP contribution in [0.4, 0.5) is 0 Å². The third-order valence-electron chi connectivity index (χ3n) is 7.58. The van der Waals surface area contributed by atoms with E-state index in [9.17, 15) is 19.5 Å². The molecule has 2 amide bonds. The van der Waals surface area contributed by atoms with Gasteiger partial charge in [-0.05, 0) is 44.8 Å². The Bertz CT molecular complexity index is 905. The molecular weight excluding hydrogens is 396 g/mol. The van der Waals surface area contributed by atoms with E-state index in [1.165, 1.54) is 25.3 Å². The number of fused-ring (bicyclic) bond motifs is 3. The van der Waals surface area contributed by atoms with Gasteiger partial charge in [-0.25, -0.2) is 0 Å². The zero-order valence-corrected chi connectivity index (χ0v) is 17.9. The number of rotatable bonds is 6. The molecule has 1 aromatic heterocycles. The molecule has 168 valence electrons. The van der Waals surface area contributed by atoms with Gasteiger partial charge in [0.15, 0.2) is 0 Å². The fourth-order valence-corrected chi connectivity index (χ4v) is 5.85. The van der Waals surface area contributed by atoms with Crippen LogP contribution in [0.1, 0.15) is 43.8 Å². The highest BCUT2D eigenvalue weighted by Crippen LogP contribution is 2.51. The fourth-order valence-electron chi connectivity index (χ4n) is 5.85. The van der Waals surface area contributed by atoms with Gasteiger partial charge in [0.2, 0.25) is 11.8 Å². The first kappa shape index (κ1) is 20.7. The van der Waals surface area contributed by atoms with Crippen molar-refractivity contribution in [3.8, 4) is 0 Å². The predicted molar refractivity (Wildman–Crippen MR) is 114 cm³/mol. The molecule has 4 atom stereocenters. The van der Waals surface area contributed by atoms with Gasteiger partial charge in [-0.3, -0.25) is 14.4 Å². The standard InChI is InChI=1S/C23H32N4O4/c28-14-17-16-13-26-18(5-4-6-19(26)29)20(16)27(23(31)15-7-8-15)21(17)22(30)24-9-12-25-10-2-1-3-11-25/h4-6,15-17,20-21,28H,1-3,7-14H2,(H,24,30)/t16-,17-,20+,21-/m1/s1. The highest BCUT2D eigenvalue weighted by molar-refractivity contribution is 5.91. The van der Waals surface area contributed by atoms with E-state index in [0.717, 1.165) is 38.2 Å². The van der Waals surface area contributed by atoms with Crippen LogP contribution < -0.4 is 10.9 Å². The second-order valence-corrected chi connectivity index (χ2v) is 9.51. The number of nitrogens with one attached hydrogen (secondary N) is 1. The van der Waals surface area contributed by atoms with Crippen molar-refractivity contribution < 1.29 is 14.7 Å². The number of nitrogens with zero attached hydrogens (tertiary/aromatic N) is 3. The van der Waals surface area contributed by atoms with Crippen LogP contribution in [0.2, 0.25) is 0 Å². The molecular formula is C23H32N4O4. The maximum Gasteiger partial charge on any atom is 0.250 e. The monoisotopic (exact) mass is 428 g/mol. The molecule has 0 bridgehead atoms. The number of likely N-dealkylation sites (tertiary alicyclic amines) is 2. The van der Waals surface area contributed by atoms with Crippen LogP contribution in [0.5, 0.6) is 0 Å². The highest BCUT2D eigenvalue weighted by Gasteiger charge is 2.58. The van der Waals surface area contributed by atoms with E-state index < -0.39 is 6.04 Å². The molecule has 8 heteroatoms. The lowest BCUT2D eigenvalue weighted by molar-refractivity contribution is -0.142. The molecule has 8 nitrogen and oxygen atoms in total. The second kappa shape index (κ2) is 8.39. The number of aliphatic hydroxyl groups is 1. The quantitative estimate of drug-likeness (QED) is 0.682. The molecule has 2 saturated heterocycles. The van der Waals surface area contributed by atoms with Gasteiger partial charge in [-0.1, -0.05) is 12.5 Å². The maximum absolute atomic E-state index is 13.3. The molecule has 1 saturated carbocycles. The van der Waals surface area contributed by atoms with Gasteiger partial charge in [0.25, 0.3) is 5.56 Å². The number of hydrogen-bond donors (Lipinski definition) is 2. The minimum Gasteiger partial charge on any atom is -0.396 e. The topological polar surface area (TPSA) is 94.9 Å². The van der Waals surface area contributed by atoms with Gasteiger partial charge in [0.1, 0.15) is 6.04 Å². The van der Waals surface area contributed by atoms with E-state index in [-0.39, 0.29) is 47.8 Å². The first-order valence-electron chi connectivity index (χ1n) is 11.7. The lowest BCUT2D eigenvalue weighted by Crippen LogP contribution is -2.52. The van der Waals surface area contributed by atoms with Crippen LogP contribution in [-0.2, 0) is 16.1 Å². The average molecular weight is 429 g/mol. The van der Waals surface area contributed by atoms with Crippen LogP contribution in [0.15, 0.2) is 23.0 Å². The number of carbonyl (C=O) groups excluding carboxylic acids is 2. The summed E-state index contributed by atoms with van der Waals surface area (Å²) in [6.07, 6.45) is 5.38. The van der Waals surface area contributed by atoms with Gasteiger partial charge >= 0.3 is 0 Å². The second-order valence-electron chi connectivity index (χ2n) is 9.51. The fraction of sp³-hybridized carbons (Fsp3) is 0.696. The van der Waals surface area contributed by atoms with Gasteiger partial charge in [-0.2, -0.15) is 0 Å². The molecule has 5 rings (SSSR count). The van der Waals surface area contributed by atoms with Gasteiger partial charge < -0.3 is 24.8 Å². The number of aliphatic hydroxyl groups excluding tert-OH is 1. The SMILES string of the molecule is O=C(NCCN1CCCCC1)[C@H]1[C@H](CO)[C@H]2Cn3c(cccc3=O)[C@H]2N1C(=O)C1CC1. The van der Waals surface area contributed by atoms with Gasteiger partial charge in [0.05, 0.1) is 6.04 Å². The van der Waals surface area contributed by atoms with Crippen LogP contribution in [0.3, 0.4) is 0 Å². The predicted octanol–water partition coefficient (Wildman–Crippen LogP) is 0.351. The molecule has 3 aliphatic heterocycles. The maximum atomic E-state index is 13.3. The summed E-state index contributed by atoms with van der Waals surface area (Å²) in [5.41, 5.74) is 0.693. The lowest BCUT2D eigenvalue weighted by Gasteiger charge is -2.31. The number of amides is 2. The Morgan fingerprint density at radius 3 is 2.61 bits per heavy atom. The number of carbonyl (C=O) groups is 2. The van der Waals surface area contributed by atoms with Crippen LogP contribution in [0, 0.1) is 17.8 Å². The van der Waals surface area contributed by atoms with Crippen LogP contribution in [-0.4, -0.2) is 70.1 Å². The minimum atomic E-state index is -0.682. The number of pyridine rings is 1. The Kier molecular flexibility index (Phi) is 5.60. The Labute approximate surface area is 182 Å². The molecule has 4 aliphatic rings. The Hall–Kier alpha value is -2.19. The van der Waals surface area contributed by atoms with Crippen molar-refractivity contribution in [2.45, 2.75) is 50.7 Å². The number of aromatic nitrogens is 1. The van der Waals surface area contributed by atoms with E-state index in [1.54, 1.807) is 15.5 Å². The van der Waals surface area contributed by atoms with Crippen molar-refractivity contribution in [3.05, 3.63) is 34.2 Å². The summed E-state index contributed by atoms with van der Waals surface area (Å²) >= 11 is 0. The summed E-state index contributed by atoms with van der Waals surface area (Å²) < 4.78 is 1.70. The summed E-state index contributed by atoms with van der Waals surface area (Å²) in [6.45, 7) is 3.76. The van der Waals surface area contributed by atoms with Crippen LogP contribution >= 0.6 is 0 Å². The first-order chi connectivity index (χ1) is 15.1. The van der Waals surface area contributed by atoms with Gasteiger partial charge in [-0.15, -0.1) is 0 Å². The van der Waals surface area contributed by atoms with Crippen molar-refractivity contribution in [1.29, 1.82) is 0 Å². The van der Waals surface area contributed by atoms with E-state index in [1.807, 2.05) is 6.07 Å². The Balaban J connectivity index is 1.38. The van der Waals surface area contributed by atoms with Gasteiger partial charge in [0, 0.05) is 55.8 Å². The third-order valence-corrected chi connectivity index (χ3v) is 7.58. The molecule has 0 unspecified atom stereocenters. The molecule has 2 N–H and O–H groups in total. The zero-order chi connectivity index (χ0) is 21.5. The molecule has 1 aromatic rings. The van der Waals surface area contributed by atoms with E-state index >= 15 is 0 Å². The first-order valence-corrected chi connectivity index (χ1v) is 11.7. The van der Waals surface area contributed by atoms with Crippen molar-refractivity contribution in [2.75, 3.05) is 32.8 Å². The van der Waals surface area contributed by atoms with E-state index in [2.05, 4.69) is 10.2 Å². The van der Waals surface area contributed by atoms with Crippen molar-refractivity contribution >= 4 is 11.8 Å². The summed E-state index contributed by atoms with van der Waals surface area (Å²) in [5, 5.41) is 13.3. The minimum absolute atomic E-state index is 0.00752. The molecule has 31 heavy (non-hydrogen) atoms.